The molecule has 1 amide bonds. The predicted octanol–water partition coefficient (Wildman–Crippen LogP) is 0.0602. The highest BCUT2D eigenvalue weighted by Crippen LogP contribution is 2.19. The van der Waals surface area contributed by atoms with Crippen LogP contribution in [0, 0.1) is 5.92 Å². The van der Waals surface area contributed by atoms with E-state index in [-0.39, 0.29) is 18.4 Å². The van der Waals surface area contributed by atoms with Gasteiger partial charge in [-0.15, -0.1) is 0 Å². The summed E-state index contributed by atoms with van der Waals surface area (Å²) in [7, 11) is 0. The third-order valence-electron chi connectivity index (χ3n) is 3.57. The molecule has 0 aliphatic carbocycles. The number of carboxylic acids is 1. The van der Waals surface area contributed by atoms with Crippen LogP contribution in [-0.2, 0) is 9.59 Å². The van der Waals surface area contributed by atoms with Crippen molar-refractivity contribution in [2.24, 2.45) is 5.92 Å². The summed E-state index contributed by atoms with van der Waals surface area (Å²) in [6.07, 6.45) is 2.12. The van der Waals surface area contributed by atoms with E-state index in [4.69, 9.17) is 5.11 Å². The van der Waals surface area contributed by atoms with Crippen LogP contribution in [0.1, 0.15) is 32.6 Å². The number of piperidine rings is 1. The van der Waals surface area contributed by atoms with Crippen molar-refractivity contribution in [1.29, 1.82) is 0 Å². The van der Waals surface area contributed by atoms with Crippen molar-refractivity contribution in [3.8, 4) is 0 Å². The number of carbonyl (C=O) groups excluding carboxylic acids is 1. The number of carboxylic acid groups (broad SMARTS) is 1. The predicted molar refractivity (Wildman–Crippen MR) is 70.7 cm³/mol. The molecule has 19 heavy (non-hydrogen) atoms. The summed E-state index contributed by atoms with van der Waals surface area (Å²) >= 11 is 0. The van der Waals surface area contributed by atoms with E-state index in [2.05, 4.69) is 10.2 Å². The molecule has 0 aromatic heterocycles. The molecule has 0 aromatic carbocycles. The minimum atomic E-state index is -0.838. The standard InChI is InChI=1S/C13H24N2O4/c1-10(16)11-4-7-15(8-5-11)9-12(17)14-6-2-3-13(18)19/h10-11,16H,2-9H2,1H3,(H,14,17)(H,18,19). The van der Waals surface area contributed by atoms with Gasteiger partial charge in [-0.1, -0.05) is 0 Å². The van der Waals surface area contributed by atoms with Gasteiger partial charge in [-0.25, -0.2) is 0 Å². The van der Waals surface area contributed by atoms with Crippen molar-refractivity contribution in [3.63, 3.8) is 0 Å². The lowest BCUT2D eigenvalue weighted by atomic mass is 9.92. The molecule has 110 valence electrons. The van der Waals surface area contributed by atoms with E-state index in [0.29, 0.717) is 25.4 Å². The van der Waals surface area contributed by atoms with Gasteiger partial charge in [-0.2, -0.15) is 0 Å². The Morgan fingerprint density at radius 2 is 2.00 bits per heavy atom. The Bertz CT molecular complexity index is 299. The first-order valence-electron chi connectivity index (χ1n) is 6.88. The van der Waals surface area contributed by atoms with E-state index < -0.39 is 5.97 Å². The molecule has 1 saturated heterocycles. The van der Waals surface area contributed by atoms with E-state index in [1.165, 1.54) is 0 Å². The number of aliphatic hydroxyl groups excluding tert-OH is 1. The van der Waals surface area contributed by atoms with Gasteiger partial charge >= 0.3 is 5.97 Å². The lowest BCUT2D eigenvalue weighted by Gasteiger charge is -2.32. The van der Waals surface area contributed by atoms with Crippen LogP contribution in [0.25, 0.3) is 0 Å². The molecular weight excluding hydrogens is 248 g/mol. The zero-order valence-electron chi connectivity index (χ0n) is 11.5. The van der Waals surface area contributed by atoms with Crippen molar-refractivity contribution < 1.29 is 19.8 Å². The largest absolute Gasteiger partial charge is 0.481 e. The van der Waals surface area contributed by atoms with Crippen LogP contribution >= 0.6 is 0 Å². The van der Waals surface area contributed by atoms with Crippen LogP contribution in [0.4, 0.5) is 0 Å². The Morgan fingerprint density at radius 3 is 2.53 bits per heavy atom. The lowest BCUT2D eigenvalue weighted by molar-refractivity contribution is -0.137. The summed E-state index contributed by atoms with van der Waals surface area (Å²) in [4.78, 5) is 24.0. The van der Waals surface area contributed by atoms with Gasteiger partial charge in [0.2, 0.25) is 5.91 Å². The highest BCUT2D eigenvalue weighted by Gasteiger charge is 2.23. The molecule has 1 unspecified atom stereocenters. The normalized spacial score (nSPS) is 19.1. The first-order chi connectivity index (χ1) is 8.99. The molecule has 1 aliphatic rings. The SMILES string of the molecule is CC(O)C1CCN(CC(=O)NCCCC(=O)O)CC1. The maximum absolute atomic E-state index is 11.6. The molecule has 1 fully saturated rings. The van der Waals surface area contributed by atoms with E-state index in [1.807, 2.05) is 6.92 Å². The molecule has 0 radical (unpaired) electrons. The van der Waals surface area contributed by atoms with E-state index in [1.54, 1.807) is 0 Å². The fourth-order valence-electron chi connectivity index (χ4n) is 2.32. The second-order valence-electron chi connectivity index (χ2n) is 5.20. The number of nitrogens with one attached hydrogen (secondary N) is 1. The first kappa shape index (κ1) is 15.9. The van der Waals surface area contributed by atoms with E-state index in [0.717, 1.165) is 25.9 Å². The van der Waals surface area contributed by atoms with Crippen molar-refractivity contribution in [3.05, 3.63) is 0 Å². The van der Waals surface area contributed by atoms with Gasteiger partial charge in [-0.3, -0.25) is 14.5 Å². The maximum atomic E-state index is 11.6. The summed E-state index contributed by atoms with van der Waals surface area (Å²) in [6.45, 7) is 4.25. The van der Waals surface area contributed by atoms with Gasteiger partial charge in [-0.05, 0) is 45.2 Å². The number of likely N-dealkylation sites (tertiary alicyclic amines) is 1. The molecule has 1 atom stereocenters. The zero-order chi connectivity index (χ0) is 14.3. The number of rotatable bonds is 7. The van der Waals surface area contributed by atoms with Crippen molar-refractivity contribution in [2.75, 3.05) is 26.2 Å². The van der Waals surface area contributed by atoms with Crippen LogP contribution in [0.15, 0.2) is 0 Å². The second-order valence-corrected chi connectivity index (χ2v) is 5.20. The summed E-state index contributed by atoms with van der Waals surface area (Å²) in [6, 6.07) is 0. The molecule has 0 saturated carbocycles. The maximum Gasteiger partial charge on any atom is 0.303 e. The van der Waals surface area contributed by atoms with Crippen LogP contribution < -0.4 is 5.32 Å². The minimum absolute atomic E-state index is 0.0547. The van der Waals surface area contributed by atoms with E-state index in [9.17, 15) is 14.7 Å². The zero-order valence-corrected chi connectivity index (χ0v) is 11.5. The molecule has 1 rings (SSSR count). The van der Waals surface area contributed by atoms with Gasteiger partial charge in [0.25, 0.3) is 0 Å². The Hall–Kier alpha value is -1.14. The fourth-order valence-corrected chi connectivity index (χ4v) is 2.32. The first-order valence-corrected chi connectivity index (χ1v) is 6.88. The van der Waals surface area contributed by atoms with Crippen LogP contribution in [-0.4, -0.2) is 59.3 Å². The summed E-state index contributed by atoms with van der Waals surface area (Å²) in [5.41, 5.74) is 0. The number of amides is 1. The molecule has 6 heteroatoms. The molecule has 1 heterocycles. The van der Waals surface area contributed by atoms with Crippen LogP contribution in [0.3, 0.4) is 0 Å². The molecule has 3 N–H and O–H groups in total. The monoisotopic (exact) mass is 272 g/mol. The van der Waals surface area contributed by atoms with Crippen LogP contribution in [0.5, 0.6) is 0 Å². The Balaban J connectivity index is 2.11. The number of aliphatic hydroxyl groups is 1. The Morgan fingerprint density at radius 1 is 1.37 bits per heavy atom. The molecule has 6 nitrogen and oxygen atoms in total. The highest BCUT2D eigenvalue weighted by molar-refractivity contribution is 5.78. The molecule has 1 aliphatic heterocycles. The summed E-state index contributed by atoms with van der Waals surface area (Å²) in [5.74, 6) is -0.551. The summed E-state index contributed by atoms with van der Waals surface area (Å²) in [5, 5.41) is 20.7. The van der Waals surface area contributed by atoms with E-state index >= 15 is 0 Å². The van der Waals surface area contributed by atoms with Gasteiger partial charge in [0.15, 0.2) is 0 Å². The fraction of sp³-hybridized carbons (Fsp3) is 0.846. The van der Waals surface area contributed by atoms with Gasteiger partial charge < -0.3 is 15.5 Å². The third kappa shape index (κ3) is 6.54. The number of nitrogens with zero attached hydrogens (tertiary/aromatic N) is 1. The molecule has 0 bridgehead atoms. The number of hydrogen-bond donors (Lipinski definition) is 3. The van der Waals surface area contributed by atoms with Crippen molar-refractivity contribution in [2.45, 2.75) is 38.7 Å². The molecule has 0 spiro atoms. The quantitative estimate of drug-likeness (QED) is 0.570. The average molecular weight is 272 g/mol. The van der Waals surface area contributed by atoms with Crippen molar-refractivity contribution in [1.82, 2.24) is 10.2 Å². The second kappa shape index (κ2) is 8.12. The lowest BCUT2D eigenvalue weighted by Crippen LogP contribution is -2.43. The van der Waals surface area contributed by atoms with Gasteiger partial charge in [0.1, 0.15) is 0 Å². The molecule has 0 aromatic rings. The number of hydrogen-bond acceptors (Lipinski definition) is 4. The topological polar surface area (TPSA) is 89.9 Å². The van der Waals surface area contributed by atoms with Gasteiger partial charge in [0.05, 0.1) is 12.6 Å². The third-order valence-corrected chi connectivity index (χ3v) is 3.57. The Labute approximate surface area is 113 Å². The highest BCUT2D eigenvalue weighted by atomic mass is 16.4. The summed E-state index contributed by atoms with van der Waals surface area (Å²) < 4.78 is 0. The Kier molecular flexibility index (Phi) is 6.80. The molecular formula is C13H24N2O4. The minimum Gasteiger partial charge on any atom is -0.481 e. The smallest absolute Gasteiger partial charge is 0.303 e. The van der Waals surface area contributed by atoms with Crippen molar-refractivity contribution >= 4 is 11.9 Å². The number of aliphatic carboxylic acids is 1. The number of carbonyl (C=O) groups is 2. The van der Waals surface area contributed by atoms with Crippen LogP contribution in [0.2, 0.25) is 0 Å². The van der Waals surface area contributed by atoms with Gasteiger partial charge in [0, 0.05) is 13.0 Å². The average Bonchev–Trinajstić information content (AvgIpc) is 2.35.